The lowest BCUT2D eigenvalue weighted by Gasteiger charge is -2.22. The predicted molar refractivity (Wildman–Crippen MR) is 76.6 cm³/mol. The zero-order chi connectivity index (χ0) is 16.3. The second kappa shape index (κ2) is 6.41. The normalized spacial score (nSPS) is 19.0. The quantitative estimate of drug-likeness (QED) is 0.458. The van der Waals surface area contributed by atoms with Crippen LogP contribution in [0, 0.1) is 10.1 Å². The molecule has 1 aromatic rings. The molecule has 1 fully saturated rings. The number of hydrogen-bond acceptors (Lipinski definition) is 6. The lowest BCUT2D eigenvalue weighted by atomic mass is 10.2. The lowest BCUT2D eigenvalue weighted by Crippen LogP contribution is -2.41. The molecule has 0 spiro atoms. The van der Waals surface area contributed by atoms with Gasteiger partial charge in [-0.15, -0.1) is 0 Å². The summed E-state index contributed by atoms with van der Waals surface area (Å²) in [7, 11) is -3.88. The van der Waals surface area contributed by atoms with Crippen molar-refractivity contribution in [3.05, 3.63) is 34.4 Å². The number of rotatable bonds is 5. The van der Waals surface area contributed by atoms with Crippen molar-refractivity contribution in [3.8, 4) is 0 Å². The van der Waals surface area contributed by atoms with Crippen LogP contribution in [-0.2, 0) is 19.6 Å². The van der Waals surface area contributed by atoms with Gasteiger partial charge < -0.3 is 4.74 Å². The Hall–Kier alpha value is -2.00. The zero-order valence-corrected chi connectivity index (χ0v) is 12.8. The molecule has 0 amide bonds. The number of carbonyl (C=O) groups is 1. The highest BCUT2D eigenvalue weighted by atomic mass is 32.2. The van der Waals surface area contributed by atoms with E-state index in [9.17, 15) is 23.3 Å². The molecule has 0 unspecified atom stereocenters. The summed E-state index contributed by atoms with van der Waals surface area (Å²) in [6.45, 7) is 2.06. The Labute approximate surface area is 127 Å². The van der Waals surface area contributed by atoms with Gasteiger partial charge in [-0.25, -0.2) is 8.42 Å². The average molecular weight is 328 g/mol. The second-order valence-electron chi connectivity index (χ2n) is 4.78. The smallest absolute Gasteiger partial charge is 0.324 e. The molecular formula is C13H16N2O6S. The monoisotopic (exact) mass is 328 g/mol. The number of esters is 1. The van der Waals surface area contributed by atoms with Gasteiger partial charge in [0, 0.05) is 18.7 Å². The topological polar surface area (TPSA) is 107 Å². The van der Waals surface area contributed by atoms with Crippen molar-refractivity contribution in [1.29, 1.82) is 0 Å². The largest absolute Gasteiger partial charge is 0.465 e. The number of nitrogens with zero attached hydrogens (tertiary/aromatic N) is 2. The fourth-order valence-corrected chi connectivity index (χ4v) is 4.02. The first kappa shape index (κ1) is 16.4. The van der Waals surface area contributed by atoms with Crippen LogP contribution in [0.25, 0.3) is 0 Å². The van der Waals surface area contributed by atoms with E-state index in [1.165, 1.54) is 12.1 Å². The van der Waals surface area contributed by atoms with Crippen LogP contribution in [0.2, 0.25) is 0 Å². The highest BCUT2D eigenvalue weighted by Gasteiger charge is 2.40. The van der Waals surface area contributed by atoms with Crippen molar-refractivity contribution in [2.24, 2.45) is 0 Å². The molecule has 1 saturated heterocycles. The molecule has 0 bridgehead atoms. The molecule has 1 aliphatic rings. The Kier molecular flexibility index (Phi) is 4.77. The third-order valence-corrected chi connectivity index (χ3v) is 5.34. The number of benzene rings is 1. The van der Waals surface area contributed by atoms with E-state index >= 15 is 0 Å². The van der Waals surface area contributed by atoms with Gasteiger partial charge in [0.25, 0.3) is 5.69 Å². The average Bonchev–Trinajstić information content (AvgIpc) is 2.98. The number of hydrogen-bond donors (Lipinski definition) is 0. The van der Waals surface area contributed by atoms with Gasteiger partial charge in [-0.2, -0.15) is 4.31 Å². The molecule has 1 aromatic carbocycles. The maximum absolute atomic E-state index is 12.6. The Morgan fingerprint density at radius 1 is 1.41 bits per heavy atom. The standard InChI is InChI=1S/C13H16N2O6S/c1-2-21-13(16)12-4-3-9-14(12)22(19,20)11-7-5-10(6-8-11)15(17)18/h5-8,12H,2-4,9H2,1H3/t12-/m1/s1. The van der Waals surface area contributed by atoms with Gasteiger partial charge in [0.1, 0.15) is 6.04 Å². The Morgan fingerprint density at radius 3 is 2.59 bits per heavy atom. The third kappa shape index (κ3) is 3.09. The summed E-state index contributed by atoms with van der Waals surface area (Å²) in [5, 5.41) is 10.6. The van der Waals surface area contributed by atoms with Crippen LogP contribution in [0.3, 0.4) is 0 Å². The van der Waals surface area contributed by atoms with Crippen LogP contribution in [0.4, 0.5) is 5.69 Å². The summed E-state index contributed by atoms with van der Waals surface area (Å²) in [5.74, 6) is -0.564. The summed E-state index contributed by atoms with van der Waals surface area (Å²) in [5.41, 5.74) is -0.192. The van der Waals surface area contributed by atoms with E-state index in [4.69, 9.17) is 4.74 Å². The minimum atomic E-state index is -3.88. The summed E-state index contributed by atoms with van der Waals surface area (Å²) < 4.78 is 31.2. The van der Waals surface area contributed by atoms with Crippen molar-refractivity contribution in [2.45, 2.75) is 30.7 Å². The third-order valence-electron chi connectivity index (χ3n) is 3.42. The summed E-state index contributed by atoms with van der Waals surface area (Å²) in [6.07, 6.45) is 0.973. The molecule has 2 rings (SSSR count). The van der Waals surface area contributed by atoms with Gasteiger partial charge in [-0.05, 0) is 31.9 Å². The molecule has 22 heavy (non-hydrogen) atoms. The molecule has 0 saturated carbocycles. The maximum Gasteiger partial charge on any atom is 0.324 e. The molecule has 1 heterocycles. The molecule has 0 N–H and O–H groups in total. The van der Waals surface area contributed by atoms with Crippen LogP contribution in [0.5, 0.6) is 0 Å². The molecule has 1 atom stereocenters. The van der Waals surface area contributed by atoms with E-state index in [2.05, 4.69) is 0 Å². The lowest BCUT2D eigenvalue weighted by molar-refractivity contribution is -0.384. The van der Waals surface area contributed by atoms with Gasteiger partial charge in [-0.3, -0.25) is 14.9 Å². The van der Waals surface area contributed by atoms with Crippen LogP contribution in [0.15, 0.2) is 29.2 Å². The van der Waals surface area contributed by atoms with Crippen molar-refractivity contribution < 1.29 is 22.9 Å². The first-order valence-corrected chi connectivity index (χ1v) is 8.25. The van der Waals surface area contributed by atoms with E-state index in [1.807, 2.05) is 0 Å². The van der Waals surface area contributed by atoms with Crippen LogP contribution < -0.4 is 0 Å². The van der Waals surface area contributed by atoms with Gasteiger partial charge in [-0.1, -0.05) is 0 Å². The van der Waals surface area contributed by atoms with E-state index in [0.29, 0.717) is 12.8 Å². The van der Waals surface area contributed by atoms with E-state index in [1.54, 1.807) is 6.92 Å². The molecule has 8 nitrogen and oxygen atoms in total. The van der Waals surface area contributed by atoms with E-state index in [-0.39, 0.29) is 23.7 Å². The van der Waals surface area contributed by atoms with Crippen LogP contribution in [0.1, 0.15) is 19.8 Å². The Balaban J connectivity index is 2.28. The summed E-state index contributed by atoms with van der Waals surface area (Å²) in [6, 6.07) is 3.77. The minimum absolute atomic E-state index is 0.0747. The highest BCUT2D eigenvalue weighted by Crippen LogP contribution is 2.27. The van der Waals surface area contributed by atoms with Crippen molar-refractivity contribution in [2.75, 3.05) is 13.2 Å². The molecule has 1 aliphatic heterocycles. The zero-order valence-electron chi connectivity index (χ0n) is 12.0. The maximum atomic E-state index is 12.6. The van der Waals surface area contributed by atoms with Gasteiger partial charge >= 0.3 is 5.97 Å². The number of carbonyl (C=O) groups excluding carboxylic acids is 1. The summed E-state index contributed by atoms with van der Waals surface area (Å²) in [4.78, 5) is 21.8. The first-order chi connectivity index (χ1) is 10.4. The molecule has 0 aliphatic carbocycles. The number of non-ortho nitro benzene ring substituents is 1. The van der Waals surface area contributed by atoms with Crippen molar-refractivity contribution in [1.82, 2.24) is 4.31 Å². The molecule has 0 radical (unpaired) electrons. The molecule has 120 valence electrons. The molecular weight excluding hydrogens is 312 g/mol. The van der Waals surface area contributed by atoms with Crippen LogP contribution >= 0.6 is 0 Å². The number of sulfonamides is 1. The molecule has 0 aromatic heterocycles. The number of nitro benzene ring substituents is 1. The number of nitro groups is 1. The fourth-order valence-electron chi connectivity index (χ4n) is 2.38. The second-order valence-corrected chi connectivity index (χ2v) is 6.67. The first-order valence-electron chi connectivity index (χ1n) is 6.81. The Bertz CT molecular complexity index is 670. The summed E-state index contributed by atoms with van der Waals surface area (Å²) >= 11 is 0. The fraction of sp³-hybridized carbons (Fsp3) is 0.462. The number of ether oxygens (including phenoxy) is 1. The predicted octanol–water partition coefficient (Wildman–Crippen LogP) is 1.31. The minimum Gasteiger partial charge on any atom is -0.465 e. The van der Waals surface area contributed by atoms with Gasteiger partial charge in [0.05, 0.1) is 16.4 Å². The molecule has 9 heteroatoms. The SMILES string of the molecule is CCOC(=O)[C@H]1CCCN1S(=O)(=O)c1ccc([N+](=O)[O-])cc1. The van der Waals surface area contributed by atoms with Crippen molar-refractivity contribution >= 4 is 21.7 Å². The van der Waals surface area contributed by atoms with Crippen molar-refractivity contribution in [3.63, 3.8) is 0 Å². The van der Waals surface area contributed by atoms with Gasteiger partial charge in [0.15, 0.2) is 0 Å². The van der Waals surface area contributed by atoms with E-state index < -0.39 is 27.0 Å². The Morgan fingerprint density at radius 2 is 2.05 bits per heavy atom. The van der Waals surface area contributed by atoms with E-state index in [0.717, 1.165) is 16.4 Å². The highest BCUT2D eigenvalue weighted by molar-refractivity contribution is 7.89. The van der Waals surface area contributed by atoms with Gasteiger partial charge in [0.2, 0.25) is 10.0 Å². The van der Waals surface area contributed by atoms with Crippen LogP contribution in [-0.4, -0.2) is 42.8 Å².